The quantitative estimate of drug-likeness (QED) is 0.809. The minimum atomic E-state index is -0.0549. The molecule has 1 aliphatic rings. The summed E-state index contributed by atoms with van der Waals surface area (Å²) in [5.74, 6) is -0.0549. The van der Waals surface area contributed by atoms with Crippen LogP contribution in [-0.2, 0) is 11.2 Å². The molecule has 1 unspecified atom stereocenters. The van der Waals surface area contributed by atoms with E-state index in [2.05, 4.69) is 17.3 Å². The molecular weight excluding hydrogens is 254 g/mol. The fourth-order valence-corrected chi connectivity index (χ4v) is 2.33. The number of nitrogens with zero attached hydrogens (tertiary/aromatic N) is 1. The number of amides is 1. The van der Waals surface area contributed by atoms with E-state index in [-0.39, 0.29) is 12.0 Å². The number of hydrogen-bond acceptors (Lipinski definition) is 4. The molecule has 0 bridgehead atoms. The van der Waals surface area contributed by atoms with E-state index in [1.165, 1.54) is 0 Å². The van der Waals surface area contributed by atoms with Gasteiger partial charge < -0.3 is 20.7 Å². The molecule has 1 saturated heterocycles. The summed E-state index contributed by atoms with van der Waals surface area (Å²) in [7, 11) is 2.06. The van der Waals surface area contributed by atoms with Crippen molar-refractivity contribution < 1.29 is 9.53 Å². The fraction of sp³-hybridized carbons (Fsp3) is 0.533. The highest BCUT2D eigenvalue weighted by Crippen LogP contribution is 2.06. The zero-order chi connectivity index (χ0) is 14.4. The molecule has 0 spiro atoms. The second-order valence-electron chi connectivity index (χ2n) is 5.20. The number of nitrogens with one attached hydrogen (secondary N) is 1. The van der Waals surface area contributed by atoms with E-state index in [0.29, 0.717) is 18.7 Å². The highest BCUT2D eigenvalue weighted by Gasteiger charge is 2.18. The summed E-state index contributed by atoms with van der Waals surface area (Å²) in [6, 6.07) is 7.60. The first-order chi connectivity index (χ1) is 9.69. The van der Waals surface area contributed by atoms with Gasteiger partial charge in [-0.1, -0.05) is 12.1 Å². The first-order valence-corrected chi connectivity index (χ1v) is 7.06. The largest absolute Gasteiger partial charge is 0.374 e. The number of carbonyl (C=O) groups is 1. The summed E-state index contributed by atoms with van der Waals surface area (Å²) in [5, 5.41) is 2.94. The van der Waals surface area contributed by atoms with Gasteiger partial charge in [0.05, 0.1) is 12.7 Å². The molecule has 1 fully saturated rings. The van der Waals surface area contributed by atoms with Gasteiger partial charge in [-0.2, -0.15) is 0 Å². The van der Waals surface area contributed by atoms with Gasteiger partial charge in [0.2, 0.25) is 0 Å². The predicted molar refractivity (Wildman–Crippen MR) is 78.8 cm³/mol. The van der Waals surface area contributed by atoms with Gasteiger partial charge in [0.25, 0.3) is 5.91 Å². The fourth-order valence-electron chi connectivity index (χ4n) is 2.33. The third kappa shape index (κ3) is 4.30. The Morgan fingerprint density at radius 3 is 3.15 bits per heavy atom. The van der Waals surface area contributed by atoms with Crippen molar-refractivity contribution >= 4 is 5.91 Å². The van der Waals surface area contributed by atoms with Gasteiger partial charge in [-0.15, -0.1) is 0 Å². The predicted octanol–water partition coefficient (Wildman–Crippen LogP) is 0.248. The van der Waals surface area contributed by atoms with Gasteiger partial charge in [0.15, 0.2) is 0 Å². The molecule has 110 valence electrons. The van der Waals surface area contributed by atoms with Crippen LogP contribution >= 0.6 is 0 Å². The minimum absolute atomic E-state index is 0.0549. The van der Waals surface area contributed by atoms with Crippen LogP contribution in [0.1, 0.15) is 15.9 Å². The van der Waals surface area contributed by atoms with Crippen LogP contribution in [0.5, 0.6) is 0 Å². The van der Waals surface area contributed by atoms with Crippen LogP contribution in [0.25, 0.3) is 0 Å². The average molecular weight is 277 g/mol. The Morgan fingerprint density at radius 2 is 2.40 bits per heavy atom. The molecule has 1 heterocycles. The molecule has 1 aromatic rings. The molecular formula is C15H23N3O2. The Bertz CT molecular complexity index is 450. The molecule has 0 saturated carbocycles. The smallest absolute Gasteiger partial charge is 0.251 e. The summed E-state index contributed by atoms with van der Waals surface area (Å²) in [5.41, 5.74) is 7.31. The van der Waals surface area contributed by atoms with Gasteiger partial charge in [-0.05, 0) is 37.7 Å². The van der Waals surface area contributed by atoms with Crippen LogP contribution in [0.3, 0.4) is 0 Å². The van der Waals surface area contributed by atoms with Gasteiger partial charge >= 0.3 is 0 Å². The Kier molecular flexibility index (Phi) is 5.52. The zero-order valence-electron chi connectivity index (χ0n) is 12.0. The number of morpholine rings is 1. The molecule has 20 heavy (non-hydrogen) atoms. The van der Waals surface area contributed by atoms with Crippen molar-refractivity contribution in [2.45, 2.75) is 12.5 Å². The summed E-state index contributed by atoms with van der Waals surface area (Å²) >= 11 is 0. The van der Waals surface area contributed by atoms with E-state index in [4.69, 9.17) is 10.5 Å². The highest BCUT2D eigenvalue weighted by atomic mass is 16.5. The van der Waals surface area contributed by atoms with Crippen molar-refractivity contribution in [3.05, 3.63) is 35.4 Å². The third-order valence-electron chi connectivity index (χ3n) is 3.45. The van der Waals surface area contributed by atoms with Gasteiger partial charge in [-0.3, -0.25) is 4.79 Å². The lowest BCUT2D eigenvalue weighted by Crippen LogP contribution is -2.45. The van der Waals surface area contributed by atoms with Crippen molar-refractivity contribution in [2.24, 2.45) is 5.73 Å². The third-order valence-corrected chi connectivity index (χ3v) is 3.45. The van der Waals surface area contributed by atoms with Crippen LogP contribution < -0.4 is 11.1 Å². The number of likely N-dealkylation sites (N-methyl/N-ethyl adjacent to an activating group) is 1. The normalized spacial score (nSPS) is 19.8. The molecule has 5 heteroatoms. The number of rotatable bonds is 5. The van der Waals surface area contributed by atoms with Crippen molar-refractivity contribution in [1.82, 2.24) is 10.2 Å². The van der Waals surface area contributed by atoms with E-state index >= 15 is 0 Å². The molecule has 1 aromatic carbocycles. The van der Waals surface area contributed by atoms with Crippen LogP contribution in [0.15, 0.2) is 24.3 Å². The number of ether oxygens (including phenoxy) is 1. The molecule has 1 aliphatic heterocycles. The van der Waals surface area contributed by atoms with E-state index in [9.17, 15) is 4.79 Å². The highest BCUT2D eigenvalue weighted by molar-refractivity contribution is 5.94. The number of benzene rings is 1. The summed E-state index contributed by atoms with van der Waals surface area (Å²) in [4.78, 5) is 14.3. The van der Waals surface area contributed by atoms with E-state index in [0.717, 1.165) is 31.7 Å². The van der Waals surface area contributed by atoms with Gasteiger partial charge in [-0.25, -0.2) is 0 Å². The Balaban J connectivity index is 1.86. The Labute approximate surface area is 120 Å². The number of hydrogen-bond donors (Lipinski definition) is 2. The summed E-state index contributed by atoms with van der Waals surface area (Å²) < 4.78 is 5.62. The maximum absolute atomic E-state index is 12.1. The van der Waals surface area contributed by atoms with Crippen molar-refractivity contribution in [3.8, 4) is 0 Å². The van der Waals surface area contributed by atoms with Gasteiger partial charge in [0.1, 0.15) is 0 Å². The van der Waals surface area contributed by atoms with Crippen LogP contribution in [-0.4, -0.2) is 56.7 Å². The maximum atomic E-state index is 12.1. The second kappa shape index (κ2) is 7.38. The Morgan fingerprint density at radius 1 is 1.55 bits per heavy atom. The zero-order valence-corrected chi connectivity index (χ0v) is 12.0. The minimum Gasteiger partial charge on any atom is -0.374 e. The average Bonchev–Trinajstić information content (AvgIpc) is 2.45. The number of carbonyl (C=O) groups excluding carboxylic acids is 1. The first-order valence-electron chi connectivity index (χ1n) is 7.06. The molecule has 1 amide bonds. The molecule has 2 rings (SSSR count). The monoisotopic (exact) mass is 277 g/mol. The van der Waals surface area contributed by atoms with Gasteiger partial charge in [0, 0.05) is 25.2 Å². The summed E-state index contributed by atoms with van der Waals surface area (Å²) in [6.45, 7) is 3.67. The number of nitrogens with two attached hydrogens (primary N) is 1. The molecule has 0 aliphatic carbocycles. The lowest BCUT2D eigenvalue weighted by Gasteiger charge is -2.30. The molecule has 3 N–H and O–H groups in total. The molecule has 0 aromatic heterocycles. The second-order valence-corrected chi connectivity index (χ2v) is 5.20. The van der Waals surface area contributed by atoms with Crippen molar-refractivity contribution in [3.63, 3.8) is 0 Å². The first kappa shape index (κ1) is 15.0. The lowest BCUT2D eigenvalue weighted by molar-refractivity contribution is -0.0175. The van der Waals surface area contributed by atoms with Crippen LogP contribution in [0.2, 0.25) is 0 Å². The van der Waals surface area contributed by atoms with E-state index < -0.39 is 0 Å². The van der Waals surface area contributed by atoms with Crippen molar-refractivity contribution in [1.29, 1.82) is 0 Å². The van der Waals surface area contributed by atoms with Crippen LogP contribution in [0.4, 0.5) is 0 Å². The van der Waals surface area contributed by atoms with Crippen molar-refractivity contribution in [2.75, 3.05) is 39.8 Å². The topological polar surface area (TPSA) is 67.6 Å². The lowest BCUT2D eigenvalue weighted by atomic mass is 10.1. The maximum Gasteiger partial charge on any atom is 0.251 e. The van der Waals surface area contributed by atoms with E-state index in [1.54, 1.807) is 0 Å². The molecule has 0 radical (unpaired) electrons. The SMILES string of the molecule is CN1CCOC(CNC(=O)c2cccc(CCN)c2)C1. The van der Waals surface area contributed by atoms with E-state index in [1.807, 2.05) is 24.3 Å². The Hall–Kier alpha value is -1.43. The van der Waals surface area contributed by atoms with Crippen LogP contribution in [0, 0.1) is 0 Å². The summed E-state index contributed by atoms with van der Waals surface area (Å²) in [6.07, 6.45) is 0.863. The molecule has 5 nitrogen and oxygen atoms in total. The molecule has 1 atom stereocenters. The standard InChI is InChI=1S/C15H23N3O2/c1-18-7-8-20-14(11-18)10-17-15(19)13-4-2-3-12(9-13)5-6-16/h2-4,9,14H,5-8,10-11,16H2,1H3,(H,17,19).